The molecular weight excluding hydrogens is 412 g/mol. The second-order valence-corrected chi connectivity index (χ2v) is 9.63. The molecule has 0 bridgehead atoms. The largest absolute Gasteiger partial charge is 0.481 e. The molecular formula is C29H50O4. The first-order valence-electron chi connectivity index (χ1n) is 13.6. The Balaban J connectivity index is 2.49. The van der Waals surface area contributed by atoms with E-state index in [1.165, 1.54) is 51.4 Å². The molecule has 0 fully saturated rings. The third-order valence-corrected chi connectivity index (χ3v) is 6.61. The van der Waals surface area contributed by atoms with Gasteiger partial charge in [-0.2, -0.15) is 0 Å². The van der Waals surface area contributed by atoms with Crippen LogP contribution in [-0.4, -0.2) is 28.4 Å². The van der Waals surface area contributed by atoms with E-state index in [1.54, 1.807) is 0 Å². The molecule has 0 aliphatic rings. The number of aliphatic hydroxyl groups is 1. The molecule has 0 aliphatic carbocycles. The molecule has 0 aromatic heterocycles. The highest BCUT2D eigenvalue weighted by atomic mass is 16.5. The number of ether oxygens (including phenoxy) is 1. The van der Waals surface area contributed by atoms with Crippen molar-refractivity contribution in [2.45, 2.75) is 135 Å². The fraction of sp³-hybridized carbons (Fsp3) is 0.759. The molecule has 0 spiro atoms. The first kappa shape index (κ1) is 29.6. The van der Waals surface area contributed by atoms with Crippen LogP contribution in [0.4, 0.5) is 0 Å². The normalized spacial score (nSPS) is 14.2. The summed E-state index contributed by atoms with van der Waals surface area (Å²) in [5.74, 6) is -1.59. The minimum Gasteiger partial charge on any atom is -0.481 e. The van der Waals surface area contributed by atoms with Crippen LogP contribution in [0.1, 0.15) is 122 Å². The molecule has 0 heterocycles. The number of rotatable bonds is 22. The zero-order valence-electron chi connectivity index (χ0n) is 21.4. The van der Waals surface area contributed by atoms with Gasteiger partial charge in [-0.05, 0) is 18.4 Å². The van der Waals surface area contributed by atoms with E-state index in [9.17, 15) is 15.0 Å². The summed E-state index contributed by atoms with van der Waals surface area (Å²) in [5.41, 5.74) is 1.11. The van der Waals surface area contributed by atoms with Gasteiger partial charge in [0.2, 0.25) is 0 Å². The lowest BCUT2D eigenvalue weighted by Crippen LogP contribution is -2.32. The van der Waals surface area contributed by atoms with Crippen molar-refractivity contribution >= 4 is 5.97 Å². The molecule has 0 amide bonds. The van der Waals surface area contributed by atoms with E-state index < -0.39 is 18.0 Å². The SMILES string of the molecule is CCCCCCCCCCC[C@H](C[C@H](O)[C@H](CCCCCC)C(=O)O)OCc1ccccc1. The van der Waals surface area contributed by atoms with Gasteiger partial charge in [0.05, 0.1) is 24.7 Å². The number of hydrogen-bond acceptors (Lipinski definition) is 3. The maximum absolute atomic E-state index is 11.8. The van der Waals surface area contributed by atoms with Gasteiger partial charge in [-0.25, -0.2) is 0 Å². The summed E-state index contributed by atoms with van der Waals surface area (Å²) < 4.78 is 6.19. The molecule has 0 saturated heterocycles. The monoisotopic (exact) mass is 462 g/mol. The third-order valence-electron chi connectivity index (χ3n) is 6.61. The van der Waals surface area contributed by atoms with Gasteiger partial charge in [-0.3, -0.25) is 4.79 Å². The molecule has 190 valence electrons. The summed E-state index contributed by atoms with van der Waals surface area (Å²) in [6, 6.07) is 10.1. The summed E-state index contributed by atoms with van der Waals surface area (Å²) >= 11 is 0. The van der Waals surface area contributed by atoms with E-state index in [2.05, 4.69) is 13.8 Å². The van der Waals surface area contributed by atoms with E-state index >= 15 is 0 Å². The van der Waals surface area contributed by atoms with Gasteiger partial charge >= 0.3 is 5.97 Å². The smallest absolute Gasteiger partial charge is 0.309 e. The Labute approximate surface area is 203 Å². The highest BCUT2D eigenvalue weighted by Crippen LogP contribution is 2.23. The fourth-order valence-electron chi connectivity index (χ4n) is 4.45. The van der Waals surface area contributed by atoms with Crippen LogP contribution in [0.3, 0.4) is 0 Å². The molecule has 0 unspecified atom stereocenters. The second kappa shape index (κ2) is 20.0. The fourth-order valence-corrected chi connectivity index (χ4v) is 4.45. The van der Waals surface area contributed by atoms with Gasteiger partial charge in [-0.1, -0.05) is 128 Å². The van der Waals surface area contributed by atoms with E-state index in [-0.39, 0.29) is 6.10 Å². The summed E-state index contributed by atoms with van der Waals surface area (Å²) in [7, 11) is 0. The van der Waals surface area contributed by atoms with Crippen LogP contribution >= 0.6 is 0 Å². The van der Waals surface area contributed by atoms with E-state index in [4.69, 9.17) is 4.74 Å². The van der Waals surface area contributed by atoms with Crippen molar-refractivity contribution in [1.29, 1.82) is 0 Å². The first-order valence-corrected chi connectivity index (χ1v) is 13.6. The van der Waals surface area contributed by atoms with E-state index in [0.717, 1.165) is 44.1 Å². The molecule has 1 aromatic rings. The van der Waals surface area contributed by atoms with Crippen LogP contribution in [0.5, 0.6) is 0 Å². The van der Waals surface area contributed by atoms with Gasteiger partial charge in [0.25, 0.3) is 0 Å². The van der Waals surface area contributed by atoms with E-state index in [0.29, 0.717) is 19.4 Å². The number of aliphatic hydroxyl groups excluding tert-OH is 1. The molecule has 0 radical (unpaired) electrons. The van der Waals surface area contributed by atoms with Crippen LogP contribution in [0.2, 0.25) is 0 Å². The molecule has 3 atom stereocenters. The standard InChI is InChI=1S/C29H50O4/c1-3-5-7-9-10-11-12-13-17-21-26(33-24-25-19-15-14-16-20-25)23-28(30)27(29(31)32)22-18-8-6-4-2/h14-16,19-20,26-28,30H,3-13,17-18,21-24H2,1-2H3,(H,31,32)/t26-,27+,28+/m1/s1. The van der Waals surface area contributed by atoms with Crippen LogP contribution < -0.4 is 0 Å². The van der Waals surface area contributed by atoms with Crippen LogP contribution in [0, 0.1) is 5.92 Å². The Morgan fingerprint density at radius 3 is 1.88 bits per heavy atom. The summed E-state index contributed by atoms with van der Waals surface area (Å²) in [5, 5.41) is 20.5. The Hall–Kier alpha value is -1.39. The van der Waals surface area contributed by atoms with Gasteiger partial charge in [0.1, 0.15) is 0 Å². The van der Waals surface area contributed by atoms with Crippen molar-refractivity contribution in [1.82, 2.24) is 0 Å². The lowest BCUT2D eigenvalue weighted by atomic mass is 9.90. The zero-order chi connectivity index (χ0) is 24.2. The van der Waals surface area contributed by atoms with Crippen molar-refractivity contribution in [3.63, 3.8) is 0 Å². The van der Waals surface area contributed by atoms with Gasteiger partial charge in [-0.15, -0.1) is 0 Å². The van der Waals surface area contributed by atoms with Crippen LogP contribution in [-0.2, 0) is 16.1 Å². The van der Waals surface area contributed by atoms with E-state index in [1.807, 2.05) is 30.3 Å². The molecule has 4 heteroatoms. The molecule has 2 N–H and O–H groups in total. The van der Waals surface area contributed by atoms with Gasteiger partial charge in [0.15, 0.2) is 0 Å². The molecule has 1 rings (SSSR count). The topological polar surface area (TPSA) is 66.8 Å². The number of hydrogen-bond donors (Lipinski definition) is 2. The lowest BCUT2D eigenvalue weighted by Gasteiger charge is -2.25. The minimum absolute atomic E-state index is 0.109. The second-order valence-electron chi connectivity index (χ2n) is 9.63. The van der Waals surface area contributed by atoms with Crippen molar-refractivity contribution < 1.29 is 19.7 Å². The van der Waals surface area contributed by atoms with Crippen LogP contribution in [0.25, 0.3) is 0 Å². The Morgan fingerprint density at radius 2 is 1.30 bits per heavy atom. The average Bonchev–Trinajstić information content (AvgIpc) is 2.81. The van der Waals surface area contributed by atoms with Gasteiger partial charge in [0, 0.05) is 6.42 Å². The number of carboxylic acids is 1. The lowest BCUT2D eigenvalue weighted by molar-refractivity contribution is -0.147. The van der Waals surface area contributed by atoms with Crippen molar-refractivity contribution in [3.05, 3.63) is 35.9 Å². The number of benzene rings is 1. The molecule has 0 aliphatic heterocycles. The minimum atomic E-state index is -0.885. The Kier molecular flexibility index (Phi) is 18.0. The van der Waals surface area contributed by atoms with Crippen molar-refractivity contribution in [2.24, 2.45) is 5.92 Å². The summed E-state index contributed by atoms with van der Waals surface area (Å²) in [6.45, 7) is 4.90. The number of carbonyl (C=O) groups is 1. The number of aliphatic carboxylic acids is 1. The highest BCUT2D eigenvalue weighted by Gasteiger charge is 2.28. The Morgan fingerprint density at radius 1 is 0.788 bits per heavy atom. The quantitative estimate of drug-likeness (QED) is 0.172. The molecule has 1 aromatic carbocycles. The molecule has 0 saturated carbocycles. The summed E-state index contributed by atoms with van der Waals surface area (Å²) in [4.78, 5) is 11.8. The molecule has 33 heavy (non-hydrogen) atoms. The average molecular weight is 463 g/mol. The zero-order valence-corrected chi connectivity index (χ0v) is 21.4. The van der Waals surface area contributed by atoms with Crippen LogP contribution in [0.15, 0.2) is 30.3 Å². The third kappa shape index (κ3) is 15.2. The van der Waals surface area contributed by atoms with Crippen molar-refractivity contribution in [3.8, 4) is 0 Å². The predicted molar refractivity (Wildman–Crippen MR) is 137 cm³/mol. The number of carboxylic acid groups (broad SMARTS) is 1. The maximum Gasteiger partial charge on any atom is 0.309 e. The van der Waals surface area contributed by atoms with Crippen molar-refractivity contribution in [2.75, 3.05) is 0 Å². The summed E-state index contributed by atoms with van der Waals surface area (Å²) in [6.07, 6.45) is 16.4. The first-order chi connectivity index (χ1) is 16.1. The number of unbranched alkanes of at least 4 members (excludes halogenated alkanes) is 11. The maximum atomic E-state index is 11.8. The Bertz CT molecular complexity index is 574. The van der Waals surface area contributed by atoms with Gasteiger partial charge < -0.3 is 14.9 Å². The predicted octanol–water partition coefficient (Wildman–Crippen LogP) is 7.91. The highest BCUT2D eigenvalue weighted by molar-refractivity contribution is 5.70. The molecule has 4 nitrogen and oxygen atoms in total.